The van der Waals surface area contributed by atoms with Gasteiger partial charge in [0.2, 0.25) is 0 Å². The van der Waals surface area contributed by atoms with Gasteiger partial charge in [-0.3, -0.25) is 9.71 Å². The molecule has 0 aromatic heterocycles. The van der Waals surface area contributed by atoms with Crippen molar-refractivity contribution in [2.75, 3.05) is 0 Å². The molecule has 4 fully saturated rings. The number of aryl methyl sites for hydroxylation is 2. The summed E-state index contributed by atoms with van der Waals surface area (Å²) in [7, 11) is -3.57. The maximum atomic E-state index is 13.0. The van der Waals surface area contributed by atoms with Crippen LogP contribution in [0.2, 0.25) is 0 Å². The van der Waals surface area contributed by atoms with Crippen LogP contribution in [0.5, 0.6) is 0 Å². The molecule has 29 heavy (non-hydrogen) atoms. The van der Waals surface area contributed by atoms with E-state index >= 15 is 0 Å². The highest BCUT2D eigenvalue weighted by atomic mass is 32.2. The van der Waals surface area contributed by atoms with Crippen LogP contribution in [0.3, 0.4) is 0 Å². The number of rotatable bonds is 3. The molecule has 0 amide bonds. The Labute approximate surface area is 174 Å². The van der Waals surface area contributed by atoms with Gasteiger partial charge in [0.25, 0.3) is 10.0 Å². The van der Waals surface area contributed by atoms with E-state index in [0.29, 0.717) is 10.7 Å². The van der Waals surface area contributed by atoms with Crippen LogP contribution in [0.4, 0.5) is 0 Å². The summed E-state index contributed by atoms with van der Waals surface area (Å²) in [5.74, 6) is 3.16. The van der Waals surface area contributed by atoms with Gasteiger partial charge in [-0.25, -0.2) is 8.42 Å². The molecule has 0 radical (unpaired) electrons. The van der Waals surface area contributed by atoms with E-state index < -0.39 is 10.0 Å². The molecular formula is C24H32N2O2S. The first-order chi connectivity index (χ1) is 13.7. The van der Waals surface area contributed by atoms with Gasteiger partial charge in [0.1, 0.15) is 10.7 Å². The molecule has 5 aliphatic rings. The molecule has 1 aromatic carbocycles. The number of hydrogen-bond acceptors (Lipinski definition) is 3. The molecule has 1 heterocycles. The second-order valence-corrected chi connectivity index (χ2v) is 11.9. The molecule has 5 heteroatoms. The molecule has 4 saturated carbocycles. The Balaban J connectivity index is 1.50. The highest BCUT2D eigenvalue weighted by Gasteiger charge is 2.53. The smallest absolute Gasteiger partial charge is 0.264 e. The molecule has 4 bridgehead atoms. The fourth-order valence-corrected chi connectivity index (χ4v) is 8.46. The van der Waals surface area contributed by atoms with Crippen molar-refractivity contribution in [3.8, 4) is 0 Å². The Morgan fingerprint density at radius 1 is 1.00 bits per heavy atom. The van der Waals surface area contributed by atoms with Crippen molar-refractivity contribution in [3.05, 3.63) is 40.5 Å². The third-order valence-corrected chi connectivity index (χ3v) is 9.80. The third kappa shape index (κ3) is 3.08. The molecule has 1 aromatic rings. The average Bonchev–Trinajstić information content (AvgIpc) is 2.85. The standard InChI is InChI=1S/C24H32N2O2S/c1-14-5-6-21(7-15(14)2)22-16(3)23(26-29(22,27)28)25-17(4)24-11-18-8-19(12-24)10-20(9-18)13-24/h5-7,17-20H,8-13H2,1-4H3,(H,25,26)/t17-,18?,19?,20?,24?/m0/s1. The van der Waals surface area contributed by atoms with Crippen LogP contribution in [0.1, 0.15) is 69.1 Å². The summed E-state index contributed by atoms with van der Waals surface area (Å²) in [5.41, 5.74) is 4.05. The van der Waals surface area contributed by atoms with E-state index in [2.05, 4.69) is 11.6 Å². The fourth-order valence-electron chi connectivity index (χ4n) is 6.96. The minimum absolute atomic E-state index is 0.155. The fraction of sp³-hybridized carbons (Fsp3) is 0.625. The quantitative estimate of drug-likeness (QED) is 0.762. The summed E-state index contributed by atoms with van der Waals surface area (Å²) >= 11 is 0. The molecule has 1 aliphatic heterocycles. The molecule has 4 aliphatic carbocycles. The summed E-state index contributed by atoms with van der Waals surface area (Å²) < 4.78 is 28.7. The van der Waals surface area contributed by atoms with Gasteiger partial charge in [0.05, 0.1) is 6.04 Å². The van der Waals surface area contributed by atoms with Crippen LogP contribution < -0.4 is 4.72 Å². The molecule has 6 rings (SSSR count). The van der Waals surface area contributed by atoms with Crippen molar-refractivity contribution < 1.29 is 8.42 Å². The van der Waals surface area contributed by atoms with Gasteiger partial charge in [-0.1, -0.05) is 18.2 Å². The predicted molar refractivity (Wildman–Crippen MR) is 118 cm³/mol. The first-order valence-corrected chi connectivity index (χ1v) is 12.5. The van der Waals surface area contributed by atoms with Crippen molar-refractivity contribution in [2.45, 2.75) is 72.3 Å². The van der Waals surface area contributed by atoms with E-state index in [1.807, 2.05) is 39.0 Å². The lowest BCUT2D eigenvalue weighted by Gasteiger charge is -2.58. The van der Waals surface area contributed by atoms with Gasteiger partial charge in [-0.05, 0) is 106 Å². The van der Waals surface area contributed by atoms with E-state index in [1.165, 1.54) is 44.1 Å². The number of aliphatic imine (C=N–C) groups is 1. The highest BCUT2D eigenvalue weighted by Crippen LogP contribution is 2.61. The minimum atomic E-state index is -3.57. The largest absolute Gasteiger partial charge is 0.264 e. The van der Waals surface area contributed by atoms with E-state index in [1.54, 1.807) is 0 Å². The Bertz CT molecular complexity index is 1000. The number of hydrogen-bond donors (Lipinski definition) is 1. The lowest BCUT2D eigenvalue weighted by atomic mass is 9.48. The molecule has 4 nitrogen and oxygen atoms in total. The molecule has 0 saturated heterocycles. The molecule has 0 spiro atoms. The van der Waals surface area contributed by atoms with Crippen molar-refractivity contribution in [3.63, 3.8) is 0 Å². The summed E-state index contributed by atoms with van der Waals surface area (Å²) in [6.45, 7) is 8.18. The minimum Gasteiger partial charge on any atom is -0.264 e. The Morgan fingerprint density at radius 3 is 2.14 bits per heavy atom. The van der Waals surface area contributed by atoms with E-state index in [-0.39, 0.29) is 11.5 Å². The van der Waals surface area contributed by atoms with E-state index in [0.717, 1.165) is 34.5 Å². The Morgan fingerprint density at radius 2 is 1.59 bits per heavy atom. The molecular weight excluding hydrogens is 380 g/mol. The van der Waals surface area contributed by atoms with Gasteiger partial charge < -0.3 is 0 Å². The Hall–Kier alpha value is -1.62. The normalized spacial score (nSPS) is 37.2. The van der Waals surface area contributed by atoms with E-state index in [4.69, 9.17) is 4.99 Å². The van der Waals surface area contributed by atoms with Crippen LogP contribution >= 0.6 is 0 Å². The summed E-state index contributed by atoms with van der Waals surface area (Å²) in [6.07, 6.45) is 8.05. The zero-order valence-corrected chi connectivity index (χ0v) is 18.8. The average molecular weight is 413 g/mol. The van der Waals surface area contributed by atoms with Crippen LogP contribution in [-0.2, 0) is 10.0 Å². The van der Waals surface area contributed by atoms with Crippen LogP contribution in [0, 0.1) is 37.0 Å². The Kier molecular flexibility index (Phi) is 4.29. The summed E-state index contributed by atoms with van der Waals surface area (Å²) in [5, 5.41) is 0. The predicted octanol–water partition coefficient (Wildman–Crippen LogP) is 4.97. The first-order valence-electron chi connectivity index (χ1n) is 11.1. The molecule has 1 N–H and O–H groups in total. The number of benzene rings is 1. The zero-order chi connectivity index (χ0) is 20.6. The maximum Gasteiger partial charge on any atom is 0.264 e. The second kappa shape index (κ2) is 6.44. The topological polar surface area (TPSA) is 58.5 Å². The summed E-state index contributed by atoms with van der Waals surface area (Å²) in [6, 6.07) is 6.03. The maximum absolute atomic E-state index is 13.0. The molecule has 1 atom stereocenters. The lowest BCUT2D eigenvalue weighted by Crippen LogP contribution is -2.50. The van der Waals surface area contributed by atoms with Crippen LogP contribution in [-0.4, -0.2) is 20.3 Å². The summed E-state index contributed by atoms with van der Waals surface area (Å²) in [4.78, 5) is 5.41. The molecule has 156 valence electrons. The third-order valence-electron chi connectivity index (χ3n) is 8.26. The van der Waals surface area contributed by atoms with Gasteiger partial charge >= 0.3 is 0 Å². The zero-order valence-electron chi connectivity index (χ0n) is 18.0. The number of nitrogens with one attached hydrogen (secondary N) is 1. The van der Waals surface area contributed by atoms with Gasteiger partial charge in [-0.2, -0.15) is 0 Å². The lowest BCUT2D eigenvalue weighted by molar-refractivity contribution is -0.0633. The number of amidine groups is 1. The number of nitrogens with zero attached hydrogens (tertiary/aromatic N) is 1. The second-order valence-electron chi connectivity index (χ2n) is 10.3. The van der Waals surface area contributed by atoms with Crippen molar-refractivity contribution in [1.29, 1.82) is 0 Å². The molecule has 0 unspecified atom stereocenters. The van der Waals surface area contributed by atoms with Crippen molar-refractivity contribution >= 4 is 20.8 Å². The van der Waals surface area contributed by atoms with E-state index in [9.17, 15) is 8.42 Å². The van der Waals surface area contributed by atoms with Gasteiger partial charge in [0, 0.05) is 5.57 Å². The van der Waals surface area contributed by atoms with Crippen LogP contribution in [0.15, 0.2) is 28.8 Å². The van der Waals surface area contributed by atoms with Crippen molar-refractivity contribution in [1.82, 2.24) is 4.72 Å². The van der Waals surface area contributed by atoms with Gasteiger partial charge in [0.15, 0.2) is 0 Å². The first kappa shape index (κ1) is 19.3. The number of sulfonamides is 1. The SMILES string of the molecule is CC1=C(c2ccc(C)c(C)c2)S(=O)(=O)NC1=N[C@@H](C)C12CC3CC(CC(C3)C1)C2. The van der Waals surface area contributed by atoms with Crippen LogP contribution in [0.25, 0.3) is 4.91 Å². The monoisotopic (exact) mass is 412 g/mol. The van der Waals surface area contributed by atoms with Crippen molar-refractivity contribution in [2.24, 2.45) is 28.2 Å². The van der Waals surface area contributed by atoms with Gasteiger partial charge in [-0.15, -0.1) is 0 Å². The highest BCUT2D eigenvalue weighted by molar-refractivity contribution is 8.00.